The molecule has 4 aliphatic carbocycles. The number of amides is 11. The van der Waals surface area contributed by atoms with Crippen LogP contribution < -0.4 is 60.2 Å². The van der Waals surface area contributed by atoms with E-state index in [-0.39, 0.29) is 71.9 Å². The molecule has 1 aromatic rings. The Kier molecular flexibility index (Phi) is 30.3. The van der Waals surface area contributed by atoms with Crippen LogP contribution in [0.2, 0.25) is 0 Å². The summed E-state index contributed by atoms with van der Waals surface area (Å²) < 4.78 is 6.09. The summed E-state index contributed by atoms with van der Waals surface area (Å²) in [5.41, 5.74) is 24.8. The number of nitrogens with two attached hydrogens (primary N) is 4. The van der Waals surface area contributed by atoms with Crippen molar-refractivity contribution in [3.63, 3.8) is 0 Å². The van der Waals surface area contributed by atoms with Gasteiger partial charge in [-0.05, 0) is 136 Å². The van der Waals surface area contributed by atoms with Crippen LogP contribution in [0.25, 0.3) is 0 Å². The highest BCUT2D eigenvalue weighted by atomic mass is 33.1. The van der Waals surface area contributed by atoms with E-state index >= 15 is 0 Å². The number of carbonyl (C=O) groups is 13. The maximum absolute atomic E-state index is 14.5. The number of phenols is 1. The van der Waals surface area contributed by atoms with E-state index in [0.717, 1.165) is 66.0 Å². The van der Waals surface area contributed by atoms with Gasteiger partial charge in [0.25, 0.3) is 0 Å². The molecule has 0 spiro atoms. The number of nitrogens with zero attached hydrogens (tertiary/aromatic N) is 1. The second-order valence-corrected chi connectivity index (χ2v) is 30.8. The Labute approximate surface area is 582 Å². The number of aromatic hydroxyl groups is 1. The van der Waals surface area contributed by atoms with E-state index in [9.17, 15) is 67.4 Å². The van der Waals surface area contributed by atoms with Crippen LogP contribution in [0.1, 0.15) is 182 Å². The van der Waals surface area contributed by atoms with Crippen molar-refractivity contribution in [2.24, 2.45) is 63.4 Å². The first kappa shape index (κ1) is 79.7. The molecule has 0 radical (unpaired) electrons. The summed E-state index contributed by atoms with van der Waals surface area (Å²) >= 11 is 0. The lowest BCUT2D eigenvalue weighted by Crippen LogP contribution is -2.61. The second kappa shape index (κ2) is 37.2. The number of ether oxygens (including phenoxy) is 1. The lowest BCUT2D eigenvalue weighted by molar-refractivity contribution is -0.160. The van der Waals surface area contributed by atoms with Crippen molar-refractivity contribution in [2.75, 3.05) is 24.6 Å². The molecule has 16 N–H and O–H groups in total. The number of unbranched alkanes of at least 4 members (excludes halogenated alkanes) is 3. The highest BCUT2D eigenvalue weighted by Crippen LogP contribution is 2.65. The number of primary amides is 3. The van der Waals surface area contributed by atoms with E-state index in [0.29, 0.717) is 42.4 Å². The van der Waals surface area contributed by atoms with Crippen molar-refractivity contribution >= 4 is 98.3 Å². The molecule has 2 aliphatic heterocycles. The van der Waals surface area contributed by atoms with Gasteiger partial charge >= 0.3 is 5.97 Å². The minimum Gasteiger partial charge on any atom is -0.508 e. The van der Waals surface area contributed by atoms with Crippen molar-refractivity contribution in [1.82, 2.24) is 42.1 Å². The third-order valence-electron chi connectivity index (χ3n) is 20.7. The molecule has 0 bridgehead atoms. The molecular formula is C69H106N12O15S2. The summed E-state index contributed by atoms with van der Waals surface area (Å²) in [4.78, 5) is 172. The number of likely N-dealkylation sites (tertiary alicyclic amines) is 1. The first-order valence-electron chi connectivity index (χ1n) is 34.9. The quantitative estimate of drug-likeness (QED) is 0.0426. The summed E-state index contributed by atoms with van der Waals surface area (Å²) in [6, 6.07) is -5.05. The van der Waals surface area contributed by atoms with Crippen LogP contribution in [0, 0.1) is 40.4 Å². The SMILES string of the molecule is CCCCCCC(=O)O[C@H]1CC[C@H]2[C@@H]3CCC4=CC(=O)CC[C@]4(C)[C@H]3CC[C@]12C.CC[C@H](C)[C@@H]1NC(=O)[C@H](Cc2ccc(O)cc2)NC(=O)[C@@H](N)CSSC[C@@H](C(=O)N2CCC[C@H]2C(=O)N[C@@H](CC(C)C)C(=O)NCC(N)=O)NC(=O)[C@H](CC(N)=O)NC(=O)[C@H](CCC(N)=O)NC1=O. The lowest BCUT2D eigenvalue weighted by atomic mass is 9.47. The molecule has 2 saturated heterocycles. The fourth-order valence-corrected chi connectivity index (χ4v) is 17.2. The monoisotopic (exact) mass is 1410 g/mol. The van der Waals surface area contributed by atoms with E-state index in [1.54, 1.807) is 13.8 Å². The van der Waals surface area contributed by atoms with E-state index in [4.69, 9.17) is 27.7 Å². The summed E-state index contributed by atoms with van der Waals surface area (Å²) in [7, 11) is 2.05. The second-order valence-electron chi connectivity index (χ2n) is 28.3. The fraction of sp³-hybridized carbons (Fsp3) is 0.696. The molecule has 27 nitrogen and oxygen atoms in total. The van der Waals surface area contributed by atoms with Crippen molar-refractivity contribution in [3.05, 3.63) is 41.5 Å². The molecule has 11 amide bonds. The van der Waals surface area contributed by atoms with Gasteiger partial charge in [-0.15, -0.1) is 0 Å². The predicted molar refractivity (Wildman–Crippen MR) is 370 cm³/mol. The number of ketones is 1. The molecule has 3 saturated carbocycles. The standard InChI is InChI=1S/C43H66N12O12S2.C26H40O3/c1-5-22(4)35-42(66)49-26(12-13-32(45)57)38(62)51-29(17-33(46)58)39(63)53-30(20-69-68-19-25(44)36(60)50-28(40(64)54-35)16-23-8-10-24(56)11-9-23)43(67)55-14-6-7-31(55)41(65)52-27(15-21(2)3)37(61)48-18-34(47)59;1-4-5-6-7-8-24(28)29-23-12-11-21-20-10-9-18-17-19(27)13-15-25(18,2)22(20)14-16-26(21,23)3/h8-11,21-22,25-31,35,56H,5-7,12-20,44H2,1-4H3,(H2,45,57)(H2,46,58)(H2,47,59)(H,48,61)(H,49,66)(H,50,60)(H,51,62)(H,52,65)(H,53,63)(H,54,64);17,20-23H,4-16H2,1-3H3/t22-,25-,26-,27-,28-,29-,30-,31-,35-;20-,21-,22-,23-,25-,26-/m00/s1. The van der Waals surface area contributed by atoms with Gasteiger partial charge in [-0.25, -0.2) is 0 Å². The lowest BCUT2D eigenvalue weighted by Gasteiger charge is -2.57. The molecule has 7 rings (SSSR count). The molecule has 0 aromatic heterocycles. The van der Waals surface area contributed by atoms with Crippen LogP contribution in [0.3, 0.4) is 0 Å². The van der Waals surface area contributed by atoms with Crippen LogP contribution in [0.5, 0.6) is 5.75 Å². The average molecular weight is 1410 g/mol. The third-order valence-corrected chi connectivity index (χ3v) is 23.1. The minimum absolute atomic E-state index is 0.0294. The van der Waals surface area contributed by atoms with Crippen molar-refractivity contribution in [1.29, 1.82) is 0 Å². The normalized spacial score (nSPS) is 29.3. The van der Waals surface area contributed by atoms with Gasteiger partial charge < -0.3 is 74.9 Å². The maximum atomic E-state index is 14.5. The first-order valence-corrected chi connectivity index (χ1v) is 37.3. The molecule has 29 heteroatoms. The number of fused-ring (bicyclic) bond motifs is 5. The summed E-state index contributed by atoms with van der Waals surface area (Å²) in [6.07, 6.45) is 15.2. The van der Waals surface area contributed by atoms with Gasteiger partial charge in [0.15, 0.2) is 5.78 Å². The number of carbonyl (C=O) groups excluding carboxylic acids is 13. The summed E-state index contributed by atoms with van der Waals surface area (Å²) in [5, 5.41) is 27.7. The zero-order valence-corrected chi connectivity index (χ0v) is 59.5. The van der Waals surface area contributed by atoms with Crippen LogP contribution in [-0.4, -0.2) is 166 Å². The number of hydrogen-bond donors (Lipinski definition) is 12. The largest absolute Gasteiger partial charge is 0.508 e. The molecule has 1 aromatic carbocycles. The Balaban J connectivity index is 0.000000428. The Morgan fingerprint density at radius 3 is 2.06 bits per heavy atom. The van der Waals surface area contributed by atoms with Crippen molar-refractivity contribution < 1.29 is 72.2 Å². The highest BCUT2D eigenvalue weighted by molar-refractivity contribution is 8.76. The topological polar surface area (TPSA) is 443 Å². The van der Waals surface area contributed by atoms with Crippen LogP contribution in [-0.2, 0) is 73.5 Å². The zero-order chi connectivity index (χ0) is 72.2. The Morgan fingerprint density at radius 2 is 1.40 bits per heavy atom. The number of allylic oxidation sites excluding steroid dienone is 1. The maximum Gasteiger partial charge on any atom is 0.306 e. The van der Waals surface area contributed by atoms with Gasteiger partial charge in [-0.3, -0.25) is 62.3 Å². The van der Waals surface area contributed by atoms with E-state index in [1.165, 1.54) is 73.3 Å². The molecule has 2 heterocycles. The van der Waals surface area contributed by atoms with E-state index in [1.807, 2.05) is 19.9 Å². The highest BCUT2D eigenvalue weighted by Gasteiger charge is 2.60. The van der Waals surface area contributed by atoms with E-state index < -0.39 is 145 Å². The van der Waals surface area contributed by atoms with Gasteiger partial charge in [0.1, 0.15) is 54.1 Å². The van der Waals surface area contributed by atoms with Crippen molar-refractivity contribution in [2.45, 2.75) is 238 Å². The Bertz CT molecular complexity index is 3080. The van der Waals surface area contributed by atoms with E-state index in [2.05, 4.69) is 58.0 Å². The van der Waals surface area contributed by atoms with Crippen LogP contribution in [0.4, 0.5) is 0 Å². The summed E-state index contributed by atoms with van der Waals surface area (Å²) in [6.45, 7) is 13.6. The number of rotatable bonds is 23. The Morgan fingerprint density at radius 1 is 0.724 bits per heavy atom. The third kappa shape index (κ3) is 22.1. The van der Waals surface area contributed by atoms with Gasteiger partial charge in [0.2, 0.25) is 65.0 Å². The molecule has 544 valence electrons. The van der Waals surface area contributed by atoms with Crippen LogP contribution in [0.15, 0.2) is 35.9 Å². The van der Waals surface area contributed by atoms with Crippen molar-refractivity contribution in [3.8, 4) is 5.75 Å². The average Bonchev–Trinajstić information content (AvgIpc) is 1.36. The zero-order valence-electron chi connectivity index (χ0n) is 57.9. The smallest absolute Gasteiger partial charge is 0.306 e. The Hall–Kier alpha value is -7.27. The number of benzene rings is 1. The van der Waals surface area contributed by atoms with Gasteiger partial charge in [-0.2, -0.15) is 0 Å². The molecular weight excluding hydrogens is 1300 g/mol. The van der Waals surface area contributed by atoms with Gasteiger partial charge in [0.05, 0.1) is 19.0 Å². The van der Waals surface area contributed by atoms with Gasteiger partial charge in [-0.1, -0.05) is 113 Å². The van der Waals surface area contributed by atoms with Crippen LogP contribution >= 0.6 is 21.6 Å². The minimum atomic E-state index is -1.75. The number of nitrogens with one attached hydrogen (secondary N) is 7. The molecule has 98 heavy (non-hydrogen) atoms. The predicted octanol–water partition coefficient (Wildman–Crippen LogP) is 2.79. The molecule has 0 unspecified atom stereocenters. The summed E-state index contributed by atoms with van der Waals surface area (Å²) in [5.74, 6) is -7.91. The molecule has 15 atom stereocenters. The number of hydrogen-bond acceptors (Lipinski definition) is 18. The molecule has 5 fully saturated rings. The van der Waals surface area contributed by atoms with Gasteiger partial charge in [0, 0.05) is 49.1 Å². The number of esters is 1. The fourth-order valence-electron chi connectivity index (χ4n) is 15.0. The number of phenolic OH excluding ortho intramolecular Hbond substituents is 1. The first-order chi connectivity index (χ1) is 46.4. The molecule has 6 aliphatic rings.